The van der Waals surface area contributed by atoms with E-state index in [0.29, 0.717) is 25.2 Å². The first-order valence-electron chi connectivity index (χ1n) is 6.47. The molecule has 1 aromatic carbocycles. The van der Waals surface area contributed by atoms with Crippen molar-refractivity contribution in [1.29, 1.82) is 0 Å². The predicted molar refractivity (Wildman–Crippen MR) is 73.1 cm³/mol. The van der Waals surface area contributed by atoms with Crippen molar-refractivity contribution in [1.82, 2.24) is 4.90 Å². The van der Waals surface area contributed by atoms with Gasteiger partial charge in [0.25, 0.3) is 0 Å². The third-order valence-corrected chi connectivity index (χ3v) is 3.67. The van der Waals surface area contributed by atoms with Gasteiger partial charge in [0.2, 0.25) is 0 Å². The van der Waals surface area contributed by atoms with E-state index in [4.69, 9.17) is 19.5 Å². The second-order valence-electron chi connectivity index (χ2n) is 4.97. The van der Waals surface area contributed by atoms with E-state index in [2.05, 4.69) is 4.90 Å². The largest absolute Gasteiger partial charge is 0.488 e. The SMILES string of the molecule is COC1CN(Cc2ccc(B(O)O)cc2F)CC1OC. The lowest BCUT2D eigenvalue weighted by atomic mass is 9.80. The molecule has 1 aliphatic rings. The second-order valence-corrected chi connectivity index (χ2v) is 4.97. The molecule has 1 aliphatic heterocycles. The average Bonchev–Trinajstić information content (AvgIpc) is 2.83. The highest BCUT2D eigenvalue weighted by molar-refractivity contribution is 6.58. The maximum Gasteiger partial charge on any atom is 0.488 e. The molecular weight excluding hydrogens is 264 g/mol. The molecule has 1 saturated heterocycles. The zero-order chi connectivity index (χ0) is 14.7. The van der Waals surface area contributed by atoms with Crippen LogP contribution in [-0.4, -0.2) is 61.6 Å². The van der Waals surface area contributed by atoms with Crippen molar-refractivity contribution in [2.75, 3.05) is 27.3 Å². The molecule has 2 rings (SSSR count). The van der Waals surface area contributed by atoms with Gasteiger partial charge in [0.1, 0.15) is 5.82 Å². The van der Waals surface area contributed by atoms with Crippen molar-refractivity contribution < 1.29 is 23.9 Å². The Morgan fingerprint density at radius 2 is 1.85 bits per heavy atom. The maximum absolute atomic E-state index is 13.9. The van der Waals surface area contributed by atoms with Crippen LogP contribution in [0, 0.1) is 5.82 Å². The molecule has 0 amide bonds. The number of likely N-dealkylation sites (tertiary alicyclic amines) is 1. The van der Waals surface area contributed by atoms with Crippen LogP contribution in [0.1, 0.15) is 5.56 Å². The highest BCUT2D eigenvalue weighted by Gasteiger charge is 2.33. The molecule has 0 aromatic heterocycles. The third-order valence-electron chi connectivity index (χ3n) is 3.67. The molecule has 0 aliphatic carbocycles. The quantitative estimate of drug-likeness (QED) is 0.703. The minimum absolute atomic E-state index is 0.0124. The van der Waals surface area contributed by atoms with Crippen LogP contribution in [0.15, 0.2) is 18.2 Å². The fourth-order valence-corrected chi connectivity index (χ4v) is 2.49. The van der Waals surface area contributed by atoms with E-state index in [9.17, 15) is 4.39 Å². The predicted octanol–water partition coefficient (Wildman–Crippen LogP) is -0.649. The van der Waals surface area contributed by atoms with Gasteiger partial charge in [0.05, 0.1) is 12.2 Å². The van der Waals surface area contributed by atoms with Gasteiger partial charge in [0, 0.05) is 39.4 Å². The van der Waals surface area contributed by atoms with Crippen LogP contribution < -0.4 is 5.46 Å². The van der Waals surface area contributed by atoms with Crippen LogP contribution >= 0.6 is 0 Å². The minimum atomic E-state index is -1.65. The Morgan fingerprint density at radius 3 is 2.30 bits per heavy atom. The molecule has 5 nitrogen and oxygen atoms in total. The topological polar surface area (TPSA) is 62.2 Å². The summed E-state index contributed by atoms with van der Waals surface area (Å²) in [5, 5.41) is 18.0. The first-order chi connectivity index (χ1) is 9.55. The fourth-order valence-electron chi connectivity index (χ4n) is 2.49. The van der Waals surface area contributed by atoms with Gasteiger partial charge < -0.3 is 19.5 Å². The van der Waals surface area contributed by atoms with E-state index in [1.807, 2.05) is 0 Å². The van der Waals surface area contributed by atoms with Gasteiger partial charge in [-0.3, -0.25) is 4.90 Å². The van der Waals surface area contributed by atoms with Crippen LogP contribution in [0.3, 0.4) is 0 Å². The number of benzene rings is 1. The Balaban J connectivity index is 2.04. The van der Waals surface area contributed by atoms with Crippen LogP contribution in [0.25, 0.3) is 0 Å². The first-order valence-corrected chi connectivity index (χ1v) is 6.47. The third kappa shape index (κ3) is 3.36. The number of ether oxygens (including phenoxy) is 2. The van der Waals surface area contributed by atoms with E-state index in [1.165, 1.54) is 6.07 Å². The zero-order valence-corrected chi connectivity index (χ0v) is 11.6. The molecule has 2 N–H and O–H groups in total. The van der Waals surface area contributed by atoms with Gasteiger partial charge in [0.15, 0.2) is 0 Å². The molecule has 0 saturated carbocycles. The van der Waals surface area contributed by atoms with Crippen molar-refractivity contribution in [3.8, 4) is 0 Å². The number of hydrogen-bond acceptors (Lipinski definition) is 5. The van der Waals surface area contributed by atoms with E-state index >= 15 is 0 Å². The first kappa shape index (κ1) is 15.4. The van der Waals surface area contributed by atoms with Crippen LogP contribution in [0.5, 0.6) is 0 Å². The molecule has 7 heteroatoms. The molecular formula is C13H19BFNO4. The summed E-state index contributed by atoms with van der Waals surface area (Å²) in [7, 11) is 1.62. The Bertz CT molecular complexity index is 448. The summed E-state index contributed by atoms with van der Waals surface area (Å²) < 4.78 is 24.6. The molecule has 1 aromatic rings. The van der Waals surface area contributed by atoms with Gasteiger partial charge >= 0.3 is 7.12 Å². The number of hydrogen-bond donors (Lipinski definition) is 2. The normalized spacial score (nSPS) is 23.2. The Kier molecular flexibility index (Phi) is 5.12. The van der Waals surface area contributed by atoms with Gasteiger partial charge in [-0.2, -0.15) is 0 Å². The summed E-state index contributed by atoms with van der Waals surface area (Å²) in [6.45, 7) is 1.80. The highest BCUT2D eigenvalue weighted by atomic mass is 19.1. The van der Waals surface area contributed by atoms with E-state index in [1.54, 1.807) is 20.3 Å². The van der Waals surface area contributed by atoms with E-state index in [0.717, 1.165) is 6.07 Å². The van der Waals surface area contributed by atoms with Crippen molar-refractivity contribution in [3.63, 3.8) is 0 Å². The van der Waals surface area contributed by atoms with Crippen LogP contribution in [0.2, 0.25) is 0 Å². The second kappa shape index (κ2) is 6.65. The molecule has 0 bridgehead atoms. The standard InChI is InChI=1S/C13H19BFNO4/c1-19-12-7-16(8-13(12)20-2)6-9-3-4-10(14(17)18)5-11(9)15/h3-5,12-13,17-18H,6-8H2,1-2H3. The molecule has 0 radical (unpaired) electrons. The molecule has 2 atom stereocenters. The molecule has 110 valence electrons. The van der Waals surface area contributed by atoms with Crippen LogP contribution in [-0.2, 0) is 16.0 Å². The molecule has 2 unspecified atom stereocenters. The zero-order valence-electron chi connectivity index (χ0n) is 11.6. The number of halogens is 1. The van der Waals surface area contributed by atoms with Gasteiger partial charge in [-0.05, 0) is 11.5 Å². The lowest BCUT2D eigenvalue weighted by Crippen LogP contribution is -2.30. The lowest BCUT2D eigenvalue weighted by molar-refractivity contribution is -0.00461. The summed E-state index contributed by atoms with van der Waals surface area (Å²) in [5.41, 5.74) is 0.665. The maximum atomic E-state index is 13.9. The molecule has 0 spiro atoms. The van der Waals surface area contributed by atoms with Crippen molar-refractivity contribution in [2.45, 2.75) is 18.8 Å². The van der Waals surface area contributed by atoms with Crippen molar-refractivity contribution >= 4 is 12.6 Å². The fraction of sp³-hybridized carbons (Fsp3) is 0.538. The van der Waals surface area contributed by atoms with Crippen molar-refractivity contribution in [3.05, 3.63) is 29.6 Å². The average molecular weight is 283 g/mol. The van der Waals surface area contributed by atoms with E-state index < -0.39 is 12.9 Å². The summed E-state index contributed by atoms with van der Waals surface area (Å²) in [4.78, 5) is 2.05. The summed E-state index contributed by atoms with van der Waals surface area (Å²) in [5.74, 6) is -0.439. The summed E-state index contributed by atoms with van der Waals surface area (Å²) >= 11 is 0. The minimum Gasteiger partial charge on any atom is -0.423 e. The molecule has 1 fully saturated rings. The monoisotopic (exact) mass is 283 g/mol. The van der Waals surface area contributed by atoms with E-state index in [-0.39, 0.29) is 17.7 Å². The Morgan fingerprint density at radius 1 is 1.25 bits per heavy atom. The lowest BCUT2D eigenvalue weighted by Gasteiger charge is -2.16. The number of rotatable bonds is 5. The van der Waals surface area contributed by atoms with Gasteiger partial charge in [-0.1, -0.05) is 12.1 Å². The van der Waals surface area contributed by atoms with Crippen LogP contribution in [0.4, 0.5) is 4.39 Å². The van der Waals surface area contributed by atoms with Gasteiger partial charge in [-0.25, -0.2) is 4.39 Å². The number of nitrogens with zero attached hydrogens (tertiary/aromatic N) is 1. The highest BCUT2D eigenvalue weighted by Crippen LogP contribution is 2.19. The summed E-state index contributed by atoms with van der Waals surface area (Å²) in [6.07, 6.45) is -0.0248. The Hall–Kier alpha value is -0.985. The smallest absolute Gasteiger partial charge is 0.423 e. The molecule has 20 heavy (non-hydrogen) atoms. The van der Waals surface area contributed by atoms with Gasteiger partial charge in [-0.15, -0.1) is 0 Å². The summed E-state index contributed by atoms with van der Waals surface area (Å²) in [6, 6.07) is 4.24. The molecule has 1 heterocycles. The number of methoxy groups -OCH3 is 2. The Labute approximate surface area is 118 Å². The van der Waals surface area contributed by atoms with Crippen molar-refractivity contribution in [2.24, 2.45) is 0 Å².